The lowest BCUT2D eigenvalue weighted by molar-refractivity contribution is 0.630. The second kappa shape index (κ2) is 3.46. The van der Waals surface area contributed by atoms with E-state index in [1.165, 1.54) is 4.88 Å². The summed E-state index contributed by atoms with van der Waals surface area (Å²) in [6, 6.07) is 10.1. The maximum absolute atomic E-state index is 5.77. The molecular weight excluding hydrogens is 218 g/mol. The van der Waals surface area contributed by atoms with Gasteiger partial charge in [-0.05, 0) is 26.0 Å². The Kier molecular flexibility index (Phi) is 2.07. The minimum absolute atomic E-state index is 0.863. The molecule has 3 heteroatoms. The van der Waals surface area contributed by atoms with Crippen molar-refractivity contribution in [2.75, 3.05) is 0 Å². The molecule has 2 nitrogen and oxygen atoms in total. The van der Waals surface area contributed by atoms with E-state index in [4.69, 9.17) is 4.42 Å². The van der Waals surface area contributed by atoms with Crippen molar-refractivity contribution < 1.29 is 4.42 Å². The van der Waals surface area contributed by atoms with Gasteiger partial charge in [0.2, 0.25) is 0 Å². The average molecular weight is 229 g/mol. The molecule has 2 aromatic heterocycles. The summed E-state index contributed by atoms with van der Waals surface area (Å²) in [5.74, 6) is 0.863. The second-order valence-corrected chi connectivity index (χ2v) is 5.01. The van der Waals surface area contributed by atoms with Crippen molar-refractivity contribution in [3.63, 3.8) is 0 Å². The van der Waals surface area contributed by atoms with Crippen LogP contribution in [-0.4, -0.2) is 4.98 Å². The first-order valence-corrected chi connectivity index (χ1v) is 5.98. The van der Waals surface area contributed by atoms with Gasteiger partial charge in [0.15, 0.2) is 10.8 Å². The van der Waals surface area contributed by atoms with Crippen LogP contribution in [-0.2, 0) is 0 Å². The van der Waals surface area contributed by atoms with E-state index in [0.717, 1.165) is 27.4 Å². The Bertz CT molecular complexity index is 598. The molecule has 0 amide bonds. The van der Waals surface area contributed by atoms with E-state index >= 15 is 0 Å². The van der Waals surface area contributed by atoms with Crippen molar-refractivity contribution in [1.82, 2.24) is 4.98 Å². The van der Waals surface area contributed by atoms with E-state index in [1.807, 2.05) is 31.2 Å². The lowest BCUT2D eigenvalue weighted by atomic mass is 10.2. The predicted octanol–water partition coefficient (Wildman–Crippen LogP) is 4.17. The minimum atomic E-state index is 0.863. The molecular formula is C13H11NOS. The van der Waals surface area contributed by atoms with Crippen LogP contribution in [0.2, 0.25) is 0 Å². The van der Waals surface area contributed by atoms with Crippen molar-refractivity contribution in [2.45, 2.75) is 13.8 Å². The zero-order chi connectivity index (χ0) is 11.1. The molecule has 0 radical (unpaired) electrons. The number of fused-ring (bicyclic) bond motifs is 1. The van der Waals surface area contributed by atoms with Gasteiger partial charge in [0, 0.05) is 10.3 Å². The molecule has 0 unspecified atom stereocenters. The number of aryl methyl sites for hydroxylation is 2. The summed E-state index contributed by atoms with van der Waals surface area (Å²) in [5.41, 5.74) is 2.00. The van der Waals surface area contributed by atoms with E-state index in [0.29, 0.717) is 0 Å². The van der Waals surface area contributed by atoms with Gasteiger partial charge in [-0.2, -0.15) is 0 Å². The average Bonchev–Trinajstić information content (AvgIpc) is 2.83. The summed E-state index contributed by atoms with van der Waals surface area (Å²) in [6.07, 6.45) is 0. The summed E-state index contributed by atoms with van der Waals surface area (Å²) in [7, 11) is 0. The van der Waals surface area contributed by atoms with Crippen molar-refractivity contribution >= 4 is 22.3 Å². The molecule has 0 atom stereocenters. The topological polar surface area (TPSA) is 26.0 Å². The van der Waals surface area contributed by atoms with E-state index in [9.17, 15) is 0 Å². The lowest BCUT2D eigenvalue weighted by Crippen LogP contribution is -1.73. The highest BCUT2D eigenvalue weighted by atomic mass is 32.1. The standard InChI is InChI=1S/C13H11NOS/c1-8-9(2)16-13(14-8)12-7-10-5-3-4-6-11(10)15-12/h3-7H,1-2H3. The summed E-state index contributed by atoms with van der Waals surface area (Å²) in [4.78, 5) is 5.75. The number of hydrogen-bond donors (Lipinski definition) is 0. The van der Waals surface area contributed by atoms with E-state index in [-0.39, 0.29) is 0 Å². The molecule has 2 heterocycles. The maximum Gasteiger partial charge on any atom is 0.164 e. The van der Waals surface area contributed by atoms with Gasteiger partial charge in [0.1, 0.15) is 5.58 Å². The molecule has 16 heavy (non-hydrogen) atoms. The van der Waals surface area contributed by atoms with Crippen LogP contribution < -0.4 is 0 Å². The Hall–Kier alpha value is -1.61. The third kappa shape index (κ3) is 1.44. The third-order valence-electron chi connectivity index (χ3n) is 2.66. The fraction of sp³-hybridized carbons (Fsp3) is 0.154. The van der Waals surface area contributed by atoms with Crippen LogP contribution >= 0.6 is 11.3 Å². The molecule has 80 valence electrons. The predicted molar refractivity (Wildman–Crippen MR) is 66.8 cm³/mol. The highest BCUT2D eigenvalue weighted by Crippen LogP contribution is 2.31. The Morgan fingerprint density at radius 3 is 2.69 bits per heavy atom. The summed E-state index contributed by atoms with van der Waals surface area (Å²) in [6.45, 7) is 4.11. The number of furan rings is 1. The number of para-hydroxylation sites is 1. The molecule has 0 saturated carbocycles. The second-order valence-electron chi connectivity index (χ2n) is 3.81. The van der Waals surface area contributed by atoms with Crippen LogP contribution in [0.4, 0.5) is 0 Å². The van der Waals surface area contributed by atoms with Crippen LogP contribution in [0.3, 0.4) is 0 Å². The Labute approximate surface area is 97.6 Å². The summed E-state index contributed by atoms with van der Waals surface area (Å²) >= 11 is 1.68. The highest BCUT2D eigenvalue weighted by Gasteiger charge is 2.10. The fourth-order valence-electron chi connectivity index (χ4n) is 1.67. The first-order chi connectivity index (χ1) is 7.74. The largest absolute Gasteiger partial charge is 0.454 e. The van der Waals surface area contributed by atoms with E-state index < -0.39 is 0 Å². The molecule has 3 aromatic rings. The van der Waals surface area contributed by atoms with E-state index in [2.05, 4.69) is 18.0 Å². The van der Waals surface area contributed by atoms with Crippen LogP contribution in [0.5, 0.6) is 0 Å². The number of thiazole rings is 1. The van der Waals surface area contributed by atoms with Gasteiger partial charge < -0.3 is 4.42 Å². The molecule has 0 saturated heterocycles. The zero-order valence-corrected chi connectivity index (χ0v) is 9.97. The van der Waals surface area contributed by atoms with Crippen molar-refractivity contribution in [2.24, 2.45) is 0 Å². The molecule has 0 aliphatic carbocycles. The third-order valence-corrected chi connectivity index (χ3v) is 3.75. The Morgan fingerprint density at radius 1 is 1.19 bits per heavy atom. The Morgan fingerprint density at radius 2 is 2.00 bits per heavy atom. The first-order valence-electron chi connectivity index (χ1n) is 5.17. The van der Waals surface area contributed by atoms with Gasteiger partial charge in [0.05, 0.1) is 5.69 Å². The molecule has 0 N–H and O–H groups in total. The van der Waals surface area contributed by atoms with Crippen LogP contribution in [0.1, 0.15) is 10.6 Å². The van der Waals surface area contributed by atoms with Gasteiger partial charge in [-0.1, -0.05) is 18.2 Å². The molecule has 1 aromatic carbocycles. The normalized spacial score (nSPS) is 11.1. The van der Waals surface area contributed by atoms with Gasteiger partial charge >= 0.3 is 0 Å². The van der Waals surface area contributed by atoms with Crippen LogP contribution in [0.25, 0.3) is 21.7 Å². The van der Waals surface area contributed by atoms with Gasteiger partial charge in [0.25, 0.3) is 0 Å². The maximum atomic E-state index is 5.77. The molecule has 0 bridgehead atoms. The van der Waals surface area contributed by atoms with Crippen LogP contribution in [0, 0.1) is 13.8 Å². The quantitative estimate of drug-likeness (QED) is 0.625. The smallest absolute Gasteiger partial charge is 0.164 e. The van der Waals surface area contributed by atoms with Crippen molar-refractivity contribution in [3.05, 3.63) is 40.9 Å². The SMILES string of the molecule is Cc1nc(-c2cc3ccccc3o2)sc1C. The summed E-state index contributed by atoms with van der Waals surface area (Å²) in [5, 5.41) is 2.09. The number of nitrogens with zero attached hydrogens (tertiary/aromatic N) is 1. The minimum Gasteiger partial charge on any atom is -0.454 e. The molecule has 0 spiro atoms. The van der Waals surface area contributed by atoms with Gasteiger partial charge in [-0.3, -0.25) is 0 Å². The zero-order valence-electron chi connectivity index (χ0n) is 9.15. The molecule has 0 aliphatic rings. The summed E-state index contributed by atoms with van der Waals surface area (Å²) < 4.78 is 5.77. The number of aromatic nitrogens is 1. The van der Waals surface area contributed by atoms with Crippen molar-refractivity contribution in [1.29, 1.82) is 0 Å². The fourth-order valence-corrected chi connectivity index (χ4v) is 2.53. The molecule has 0 aliphatic heterocycles. The lowest BCUT2D eigenvalue weighted by Gasteiger charge is -1.86. The highest BCUT2D eigenvalue weighted by molar-refractivity contribution is 7.15. The number of rotatable bonds is 1. The first kappa shape index (κ1) is 9.60. The van der Waals surface area contributed by atoms with E-state index in [1.54, 1.807) is 11.3 Å². The molecule has 0 fully saturated rings. The van der Waals surface area contributed by atoms with Gasteiger partial charge in [-0.15, -0.1) is 11.3 Å². The monoisotopic (exact) mass is 229 g/mol. The number of hydrogen-bond acceptors (Lipinski definition) is 3. The Balaban J connectivity index is 2.18. The van der Waals surface area contributed by atoms with Gasteiger partial charge in [-0.25, -0.2) is 4.98 Å². The van der Waals surface area contributed by atoms with Crippen LogP contribution in [0.15, 0.2) is 34.7 Å². The van der Waals surface area contributed by atoms with Crippen molar-refractivity contribution in [3.8, 4) is 10.8 Å². The molecule has 3 rings (SSSR count). The number of benzene rings is 1.